The molecular formula is C11H10Br3NO. The van der Waals surface area contributed by atoms with Crippen molar-refractivity contribution < 1.29 is 4.79 Å². The van der Waals surface area contributed by atoms with Crippen LogP contribution in [0.1, 0.15) is 6.42 Å². The summed E-state index contributed by atoms with van der Waals surface area (Å²) in [5.41, 5.74) is 0.953. The second kappa shape index (κ2) is 5.19. The molecular weight excluding hydrogens is 402 g/mol. The first-order valence-corrected chi connectivity index (χ1v) is 7.63. The fourth-order valence-corrected chi connectivity index (χ4v) is 3.53. The molecule has 2 nitrogen and oxygen atoms in total. The van der Waals surface area contributed by atoms with Crippen LogP contribution in [0.25, 0.3) is 0 Å². The second-order valence-electron chi connectivity index (χ2n) is 3.86. The van der Waals surface area contributed by atoms with E-state index >= 15 is 0 Å². The molecule has 1 atom stereocenters. The molecule has 1 aromatic rings. The zero-order valence-corrected chi connectivity index (χ0v) is 13.2. The summed E-state index contributed by atoms with van der Waals surface area (Å²) in [6.07, 6.45) is 0.634. The number of anilines is 1. The Morgan fingerprint density at radius 1 is 1.25 bits per heavy atom. The van der Waals surface area contributed by atoms with Gasteiger partial charge in [0.1, 0.15) is 0 Å². The number of rotatable bonds is 2. The lowest BCUT2D eigenvalue weighted by Gasteiger charge is -2.17. The number of carbonyl (C=O) groups is 1. The fraction of sp³-hybridized carbons (Fsp3) is 0.364. The van der Waals surface area contributed by atoms with Gasteiger partial charge in [0, 0.05) is 32.9 Å². The highest BCUT2D eigenvalue weighted by molar-refractivity contribution is 9.11. The molecule has 0 radical (unpaired) electrons. The van der Waals surface area contributed by atoms with Crippen molar-refractivity contribution in [2.24, 2.45) is 5.92 Å². The van der Waals surface area contributed by atoms with Gasteiger partial charge in [-0.05, 0) is 24.1 Å². The van der Waals surface area contributed by atoms with E-state index < -0.39 is 0 Å². The monoisotopic (exact) mass is 409 g/mol. The Hall–Kier alpha value is 0.130. The molecule has 2 rings (SSSR count). The second-order valence-corrected chi connectivity index (χ2v) is 6.34. The first-order chi connectivity index (χ1) is 7.60. The molecule has 1 saturated heterocycles. The molecule has 0 aromatic heterocycles. The van der Waals surface area contributed by atoms with Crippen molar-refractivity contribution in [3.8, 4) is 0 Å². The van der Waals surface area contributed by atoms with Gasteiger partial charge in [-0.25, -0.2) is 0 Å². The van der Waals surface area contributed by atoms with Gasteiger partial charge in [0.2, 0.25) is 5.91 Å². The summed E-state index contributed by atoms with van der Waals surface area (Å²) >= 11 is 10.3. The Morgan fingerprint density at radius 2 is 1.88 bits per heavy atom. The standard InChI is InChI=1S/C11H10Br3NO/c12-5-7-1-11(16)15(6-7)10-3-8(13)2-9(14)4-10/h2-4,7H,1,5-6H2. The average Bonchev–Trinajstić information content (AvgIpc) is 2.58. The van der Waals surface area contributed by atoms with E-state index in [-0.39, 0.29) is 5.91 Å². The summed E-state index contributed by atoms with van der Waals surface area (Å²) in [5.74, 6) is 0.625. The molecule has 0 saturated carbocycles. The minimum atomic E-state index is 0.203. The van der Waals surface area contributed by atoms with Crippen LogP contribution in [0.4, 0.5) is 5.69 Å². The number of carbonyl (C=O) groups excluding carboxylic acids is 1. The largest absolute Gasteiger partial charge is 0.312 e. The molecule has 16 heavy (non-hydrogen) atoms. The molecule has 1 fully saturated rings. The van der Waals surface area contributed by atoms with Gasteiger partial charge < -0.3 is 4.90 Å². The number of nitrogens with zero attached hydrogens (tertiary/aromatic N) is 1. The number of alkyl halides is 1. The normalized spacial score (nSPS) is 20.6. The molecule has 5 heteroatoms. The van der Waals surface area contributed by atoms with Gasteiger partial charge in [-0.3, -0.25) is 4.79 Å². The van der Waals surface area contributed by atoms with Gasteiger partial charge in [-0.1, -0.05) is 47.8 Å². The molecule has 0 N–H and O–H groups in total. The van der Waals surface area contributed by atoms with E-state index in [4.69, 9.17) is 0 Å². The summed E-state index contributed by atoms with van der Waals surface area (Å²) in [6.45, 7) is 0.799. The van der Waals surface area contributed by atoms with E-state index in [0.717, 1.165) is 26.5 Å². The quantitative estimate of drug-likeness (QED) is 0.674. The van der Waals surface area contributed by atoms with Gasteiger partial charge >= 0.3 is 0 Å². The topological polar surface area (TPSA) is 20.3 Å². The van der Waals surface area contributed by atoms with Crippen molar-refractivity contribution in [1.82, 2.24) is 0 Å². The maximum absolute atomic E-state index is 11.8. The van der Waals surface area contributed by atoms with Crippen LogP contribution >= 0.6 is 47.8 Å². The minimum Gasteiger partial charge on any atom is -0.312 e. The Labute approximate surface area is 120 Å². The molecule has 1 aliphatic heterocycles. The van der Waals surface area contributed by atoms with Crippen molar-refractivity contribution in [1.29, 1.82) is 0 Å². The molecule has 1 heterocycles. The van der Waals surface area contributed by atoms with Crippen LogP contribution in [-0.2, 0) is 4.79 Å². The minimum absolute atomic E-state index is 0.203. The van der Waals surface area contributed by atoms with Crippen molar-refractivity contribution >= 4 is 59.4 Å². The number of amides is 1. The summed E-state index contributed by atoms with van der Waals surface area (Å²) in [5, 5.41) is 0.879. The van der Waals surface area contributed by atoms with E-state index in [2.05, 4.69) is 47.8 Å². The zero-order chi connectivity index (χ0) is 11.7. The van der Waals surface area contributed by atoms with Crippen LogP contribution < -0.4 is 4.90 Å². The third-order valence-electron chi connectivity index (χ3n) is 2.58. The highest BCUT2D eigenvalue weighted by Gasteiger charge is 2.29. The fourth-order valence-electron chi connectivity index (χ4n) is 1.83. The Balaban J connectivity index is 2.27. The number of benzene rings is 1. The zero-order valence-electron chi connectivity index (χ0n) is 8.42. The van der Waals surface area contributed by atoms with Crippen LogP contribution in [0, 0.1) is 5.92 Å². The molecule has 1 aromatic carbocycles. The molecule has 0 aliphatic carbocycles. The van der Waals surface area contributed by atoms with Gasteiger partial charge in [0.15, 0.2) is 0 Å². The van der Waals surface area contributed by atoms with Gasteiger partial charge in [0.25, 0.3) is 0 Å². The first kappa shape index (κ1) is 12.6. The van der Waals surface area contributed by atoms with Crippen molar-refractivity contribution in [3.63, 3.8) is 0 Å². The predicted octanol–water partition coefficient (Wildman–Crippen LogP) is 3.96. The smallest absolute Gasteiger partial charge is 0.227 e. The van der Waals surface area contributed by atoms with Crippen molar-refractivity contribution in [2.75, 3.05) is 16.8 Å². The van der Waals surface area contributed by atoms with E-state index in [1.165, 1.54) is 0 Å². The van der Waals surface area contributed by atoms with Crippen molar-refractivity contribution in [3.05, 3.63) is 27.1 Å². The molecule has 86 valence electrons. The van der Waals surface area contributed by atoms with Gasteiger partial charge in [0.05, 0.1) is 0 Å². The highest BCUT2D eigenvalue weighted by Crippen LogP contribution is 2.30. The van der Waals surface area contributed by atoms with E-state index in [1.807, 2.05) is 23.1 Å². The number of halogens is 3. The lowest BCUT2D eigenvalue weighted by Crippen LogP contribution is -2.24. The predicted molar refractivity (Wildman–Crippen MR) is 76.1 cm³/mol. The molecule has 0 spiro atoms. The number of hydrogen-bond donors (Lipinski definition) is 0. The summed E-state index contributed by atoms with van der Waals surface area (Å²) in [4.78, 5) is 13.7. The summed E-state index contributed by atoms with van der Waals surface area (Å²) in [6, 6.07) is 5.91. The molecule has 1 aliphatic rings. The van der Waals surface area contributed by atoms with E-state index in [9.17, 15) is 4.79 Å². The lowest BCUT2D eigenvalue weighted by atomic mass is 10.2. The maximum Gasteiger partial charge on any atom is 0.227 e. The van der Waals surface area contributed by atoms with E-state index in [1.54, 1.807) is 0 Å². The Bertz CT molecular complexity index is 401. The van der Waals surface area contributed by atoms with Crippen LogP contribution in [0.5, 0.6) is 0 Å². The first-order valence-electron chi connectivity index (χ1n) is 4.92. The number of hydrogen-bond acceptors (Lipinski definition) is 1. The molecule has 0 bridgehead atoms. The van der Waals surface area contributed by atoms with Gasteiger partial charge in [-0.15, -0.1) is 0 Å². The Kier molecular flexibility index (Phi) is 4.08. The third-order valence-corrected chi connectivity index (χ3v) is 4.41. The van der Waals surface area contributed by atoms with E-state index in [0.29, 0.717) is 12.3 Å². The van der Waals surface area contributed by atoms with Crippen LogP contribution in [0.2, 0.25) is 0 Å². The highest BCUT2D eigenvalue weighted by atomic mass is 79.9. The maximum atomic E-state index is 11.8. The van der Waals surface area contributed by atoms with Crippen LogP contribution in [0.15, 0.2) is 27.1 Å². The van der Waals surface area contributed by atoms with Crippen molar-refractivity contribution in [2.45, 2.75) is 6.42 Å². The Morgan fingerprint density at radius 3 is 2.38 bits per heavy atom. The molecule has 1 amide bonds. The lowest BCUT2D eigenvalue weighted by molar-refractivity contribution is -0.117. The summed E-state index contributed by atoms with van der Waals surface area (Å²) < 4.78 is 1.96. The SMILES string of the molecule is O=C1CC(CBr)CN1c1cc(Br)cc(Br)c1. The summed E-state index contributed by atoms with van der Waals surface area (Å²) in [7, 11) is 0. The third kappa shape index (κ3) is 2.68. The van der Waals surface area contributed by atoms with Crippen LogP contribution in [0.3, 0.4) is 0 Å². The van der Waals surface area contributed by atoms with Crippen LogP contribution in [-0.4, -0.2) is 17.8 Å². The average molecular weight is 412 g/mol. The van der Waals surface area contributed by atoms with Gasteiger partial charge in [-0.2, -0.15) is 0 Å². The molecule has 1 unspecified atom stereocenters.